The van der Waals surface area contributed by atoms with Crippen molar-refractivity contribution in [1.29, 1.82) is 0 Å². The van der Waals surface area contributed by atoms with Crippen LogP contribution in [0.1, 0.15) is 11.3 Å². The lowest BCUT2D eigenvalue weighted by atomic mass is 10.1. The molecule has 0 aromatic carbocycles. The minimum Gasteiger partial charge on any atom is -0.383 e. The van der Waals surface area contributed by atoms with Crippen molar-refractivity contribution in [2.75, 3.05) is 36.9 Å². The van der Waals surface area contributed by atoms with Gasteiger partial charge in [0.05, 0.1) is 18.8 Å². The fraction of sp³-hybridized carbons (Fsp3) is 0.211. The van der Waals surface area contributed by atoms with Crippen molar-refractivity contribution < 1.29 is 4.74 Å². The summed E-state index contributed by atoms with van der Waals surface area (Å²) >= 11 is 1.60. The van der Waals surface area contributed by atoms with Crippen molar-refractivity contribution >= 4 is 23.0 Å². The molecule has 1 saturated heterocycles. The van der Waals surface area contributed by atoms with Gasteiger partial charge in [0.15, 0.2) is 0 Å². The quantitative estimate of drug-likeness (QED) is 0.705. The molecule has 2 N–H and O–H groups in total. The van der Waals surface area contributed by atoms with E-state index in [4.69, 9.17) is 10.5 Å². The van der Waals surface area contributed by atoms with Gasteiger partial charge in [-0.25, -0.2) is 15.0 Å². The molecule has 0 bridgehead atoms. The van der Waals surface area contributed by atoms with Crippen LogP contribution in [-0.4, -0.2) is 41.3 Å². The highest BCUT2D eigenvalue weighted by Gasteiger charge is 2.12. The summed E-state index contributed by atoms with van der Waals surface area (Å²) < 4.78 is 5.37. The molecule has 0 unspecified atom stereocenters. The SMILES string of the molecule is Nc1ncnc(C#Cc2ccc(N3CCOCC3)nc2)c1-c1ccsc1. The summed E-state index contributed by atoms with van der Waals surface area (Å²) in [5.41, 5.74) is 9.25. The third-order valence-corrected chi connectivity index (χ3v) is 4.78. The van der Waals surface area contributed by atoms with E-state index in [0.717, 1.165) is 48.8 Å². The van der Waals surface area contributed by atoms with Gasteiger partial charge in [-0.15, -0.1) is 0 Å². The third kappa shape index (κ3) is 3.52. The first-order valence-corrected chi connectivity index (χ1v) is 9.19. The molecule has 7 heteroatoms. The van der Waals surface area contributed by atoms with Crippen LogP contribution in [0.3, 0.4) is 0 Å². The van der Waals surface area contributed by atoms with Crippen molar-refractivity contribution in [2.45, 2.75) is 0 Å². The van der Waals surface area contributed by atoms with Crippen LogP contribution in [-0.2, 0) is 4.74 Å². The Morgan fingerprint density at radius 3 is 2.69 bits per heavy atom. The van der Waals surface area contributed by atoms with Crippen molar-refractivity contribution in [3.8, 4) is 23.0 Å². The second kappa shape index (κ2) is 7.52. The average Bonchev–Trinajstić information content (AvgIpc) is 3.22. The molecule has 1 fully saturated rings. The number of nitrogen functional groups attached to an aromatic ring is 1. The minimum absolute atomic E-state index is 0.434. The van der Waals surface area contributed by atoms with Gasteiger partial charge in [-0.2, -0.15) is 11.3 Å². The summed E-state index contributed by atoms with van der Waals surface area (Å²) in [7, 11) is 0. The molecule has 0 saturated carbocycles. The second-order valence-electron chi connectivity index (χ2n) is 5.75. The van der Waals surface area contributed by atoms with Crippen LogP contribution in [0.4, 0.5) is 11.6 Å². The number of hydrogen-bond donors (Lipinski definition) is 1. The molecule has 1 aliphatic rings. The largest absolute Gasteiger partial charge is 0.383 e. The van der Waals surface area contributed by atoms with Crippen molar-refractivity contribution in [3.05, 3.63) is 52.7 Å². The van der Waals surface area contributed by atoms with E-state index >= 15 is 0 Å². The molecule has 0 amide bonds. The number of ether oxygens (including phenoxy) is 1. The lowest BCUT2D eigenvalue weighted by Gasteiger charge is -2.27. The Morgan fingerprint density at radius 1 is 1.08 bits per heavy atom. The van der Waals surface area contributed by atoms with E-state index in [9.17, 15) is 0 Å². The van der Waals surface area contributed by atoms with Gasteiger partial charge in [0.2, 0.25) is 0 Å². The lowest BCUT2D eigenvalue weighted by Crippen LogP contribution is -2.36. The van der Waals surface area contributed by atoms with Gasteiger partial charge in [-0.3, -0.25) is 0 Å². The number of hydrogen-bond acceptors (Lipinski definition) is 7. The van der Waals surface area contributed by atoms with E-state index in [-0.39, 0.29) is 0 Å². The number of morpholine rings is 1. The molecule has 130 valence electrons. The topological polar surface area (TPSA) is 77.2 Å². The van der Waals surface area contributed by atoms with E-state index in [1.165, 1.54) is 6.33 Å². The second-order valence-corrected chi connectivity index (χ2v) is 6.53. The van der Waals surface area contributed by atoms with Crippen LogP contribution in [0.5, 0.6) is 0 Å². The lowest BCUT2D eigenvalue weighted by molar-refractivity contribution is 0.122. The molecule has 26 heavy (non-hydrogen) atoms. The highest BCUT2D eigenvalue weighted by molar-refractivity contribution is 7.08. The van der Waals surface area contributed by atoms with Gasteiger partial charge in [0, 0.05) is 24.8 Å². The summed E-state index contributed by atoms with van der Waals surface area (Å²) in [5, 5.41) is 4.01. The Balaban J connectivity index is 1.59. The Labute approximate surface area is 155 Å². The molecule has 6 nitrogen and oxygen atoms in total. The standard InChI is InChI=1S/C19H17N5OS/c20-19-18(15-5-10-26-12-15)16(22-13-23-19)3-1-14-2-4-17(21-11-14)24-6-8-25-9-7-24/h2,4-5,10-13H,6-9H2,(H2,20,22,23). The first-order chi connectivity index (χ1) is 12.8. The van der Waals surface area contributed by atoms with E-state index in [1.807, 2.05) is 29.0 Å². The van der Waals surface area contributed by atoms with Gasteiger partial charge < -0.3 is 15.4 Å². The first-order valence-electron chi connectivity index (χ1n) is 8.25. The maximum atomic E-state index is 6.04. The first kappa shape index (κ1) is 16.5. The summed E-state index contributed by atoms with van der Waals surface area (Å²) in [5.74, 6) is 7.61. The molecule has 0 atom stereocenters. The zero-order valence-corrected chi connectivity index (χ0v) is 14.9. The van der Waals surface area contributed by atoms with Crippen molar-refractivity contribution in [3.63, 3.8) is 0 Å². The summed E-state index contributed by atoms with van der Waals surface area (Å²) in [4.78, 5) is 15.1. The number of rotatable bonds is 2. The summed E-state index contributed by atoms with van der Waals surface area (Å²) in [6.07, 6.45) is 3.22. The van der Waals surface area contributed by atoms with Crippen LogP contribution in [0, 0.1) is 11.8 Å². The molecule has 4 rings (SSSR count). The van der Waals surface area contributed by atoms with Crippen LogP contribution in [0.2, 0.25) is 0 Å². The van der Waals surface area contributed by atoms with Gasteiger partial charge in [-0.1, -0.05) is 5.92 Å². The number of pyridine rings is 1. The fourth-order valence-corrected chi connectivity index (χ4v) is 3.40. The fourth-order valence-electron chi connectivity index (χ4n) is 2.76. The molecule has 0 radical (unpaired) electrons. The van der Waals surface area contributed by atoms with E-state index in [0.29, 0.717) is 11.5 Å². The molecular formula is C19H17N5OS. The molecule has 3 aromatic rings. The monoisotopic (exact) mass is 363 g/mol. The Hall–Kier alpha value is -2.95. The summed E-state index contributed by atoms with van der Waals surface area (Å²) in [6.45, 7) is 3.21. The highest BCUT2D eigenvalue weighted by atomic mass is 32.1. The van der Waals surface area contributed by atoms with Gasteiger partial charge >= 0.3 is 0 Å². The number of nitrogens with two attached hydrogens (primary N) is 1. The molecule has 1 aliphatic heterocycles. The number of aromatic nitrogens is 3. The number of thiophene rings is 1. The van der Waals surface area contributed by atoms with Crippen LogP contribution >= 0.6 is 11.3 Å². The van der Waals surface area contributed by atoms with E-state index < -0.39 is 0 Å². The molecule has 4 heterocycles. The Morgan fingerprint density at radius 2 is 1.96 bits per heavy atom. The van der Waals surface area contributed by atoms with E-state index in [1.54, 1.807) is 17.5 Å². The highest BCUT2D eigenvalue weighted by Crippen LogP contribution is 2.28. The number of anilines is 2. The zero-order valence-electron chi connectivity index (χ0n) is 14.1. The van der Waals surface area contributed by atoms with Gasteiger partial charge in [0.25, 0.3) is 0 Å². The van der Waals surface area contributed by atoms with Crippen LogP contribution in [0.25, 0.3) is 11.1 Å². The van der Waals surface area contributed by atoms with Gasteiger partial charge in [-0.05, 0) is 40.4 Å². The Kier molecular flexibility index (Phi) is 4.78. The maximum absolute atomic E-state index is 6.04. The Bertz CT molecular complexity index is 938. The predicted molar refractivity (Wildman–Crippen MR) is 103 cm³/mol. The normalized spacial score (nSPS) is 13.9. The molecule has 3 aromatic heterocycles. The average molecular weight is 363 g/mol. The van der Waals surface area contributed by atoms with Crippen molar-refractivity contribution in [2.24, 2.45) is 0 Å². The molecule has 0 aliphatic carbocycles. The molecular weight excluding hydrogens is 346 g/mol. The smallest absolute Gasteiger partial charge is 0.136 e. The van der Waals surface area contributed by atoms with Crippen molar-refractivity contribution in [1.82, 2.24) is 15.0 Å². The number of nitrogens with zero attached hydrogens (tertiary/aromatic N) is 4. The minimum atomic E-state index is 0.434. The predicted octanol–water partition coefficient (Wildman–Crippen LogP) is 2.42. The van der Waals surface area contributed by atoms with Crippen LogP contribution < -0.4 is 10.6 Å². The maximum Gasteiger partial charge on any atom is 0.136 e. The van der Waals surface area contributed by atoms with Gasteiger partial charge in [0.1, 0.15) is 23.7 Å². The summed E-state index contributed by atoms with van der Waals surface area (Å²) in [6, 6.07) is 5.95. The molecule has 0 spiro atoms. The van der Waals surface area contributed by atoms with E-state index in [2.05, 4.69) is 31.7 Å². The van der Waals surface area contributed by atoms with Crippen LogP contribution in [0.15, 0.2) is 41.5 Å². The zero-order chi connectivity index (χ0) is 17.8. The third-order valence-electron chi connectivity index (χ3n) is 4.09.